The van der Waals surface area contributed by atoms with Crippen molar-refractivity contribution in [1.29, 1.82) is 0 Å². The number of nitrogens with zero attached hydrogens (tertiary/aromatic N) is 26. The number of amides is 6. The third-order valence-corrected chi connectivity index (χ3v) is 25.4. The van der Waals surface area contributed by atoms with E-state index in [1.54, 1.807) is 69.9 Å². The third-order valence-electron chi connectivity index (χ3n) is 25.1. The topological polar surface area (TPSA) is 545 Å². The lowest BCUT2D eigenvalue weighted by molar-refractivity contribution is -0.122. The van der Waals surface area contributed by atoms with Crippen molar-refractivity contribution in [2.75, 3.05) is 42.3 Å². The van der Waals surface area contributed by atoms with Gasteiger partial charge < -0.3 is 59.5 Å². The summed E-state index contributed by atoms with van der Waals surface area (Å²) in [5.74, 6) is -0.990. The molecule has 14 heterocycles. The van der Waals surface area contributed by atoms with Gasteiger partial charge in [-0.25, -0.2) is 58.6 Å². The molecule has 0 unspecified atom stereocenters. The molecule has 6 N–H and O–H groups in total. The molecule has 6 amide bonds. The van der Waals surface area contributed by atoms with E-state index in [4.69, 9.17) is 16.3 Å². The van der Waals surface area contributed by atoms with Gasteiger partial charge in [0.25, 0.3) is 33.7 Å². The number of ether oxygens (including phenoxy) is 1. The highest BCUT2D eigenvalue weighted by molar-refractivity contribution is 6.33. The molecule has 50 heteroatoms. The fourth-order valence-corrected chi connectivity index (χ4v) is 17.2. The predicted octanol–water partition coefficient (Wildman–Crippen LogP) is 0.972. The number of nitrogens with one attached hydrogen (secondary N) is 6. The molecule has 2 saturated carbocycles. The maximum Gasteiger partial charge on any atom is 0.332 e. The Morgan fingerprint density at radius 3 is 1.28 bits per heavy atom. The standard InChI is InChI=1S/C22H25N7O3.C21H26N6O4.C19H20N6O4.C17H21N7O3.C15H15ClN6O3/c1-14-17(15(2)29(25-14)11-16-8-6-5-7-9-16)10-23-18(30)12-28-13-24-20-19(28)21(31)27(4)22(32)26(20)3;1-24-19-18(20(29)25(2)21(24)30)27(14-23-19)13-17(28)22-11-15-5-3-4-6-16(15)12-26-7-9-31-10-8-26;1-23-16-15(18(28)24(2)19(23)29)25(10-20-16)9-14(26)22-13-6-4-3-5-12(13)17(27)21-11-7-8-11;1-21-15-14(16(26)22(2)17(21)27)23(10-18-15)9-13(25)20-12-7-8-19-24(12)11-5-3-4-6-11;1-8-4-9(16)12(17-5-8)19-10(23)6-22-7-18-13-11(22)14(24)21(3)15(25)20(13)2/h5-9,13H,10-12H2,1-4H3,(H,23,30);3-6,14H,7-13H2,1-2H3,(H,22,28);3-6,10-11H,7-9H2,1-2H3,(H,21,27)(H,22,26);7-8,10-11H,3-6,9H2,1-2H3,(H,20,25);4-5,7H,6H2,1-3H3,(H,17,19,23). The molecule has 0 bridgehead atoms. The molecule has 752 valence electrons. The van der Waals surface area contributed by atoms with Gasteiger partial charge in [0.15, 0.2) is 61.6 Å². The number of para-hydroxylation sites is 1. The number of imidazole rings is 5. The van der Waals surface area contributed by atoms with E-state index in [9.17, 15) is 76.7 Å². The Morgan fingerprint density at radius 2 is 0.833 bits per heavy atom. The number of hydrogen-bond donors (Lipinski definition) is 6. The molecule has 1 aliphatic heterocycles. The number of benzene rings is 3. The fraction of sp³-hybridized carbons (Fsp3) is 0.362. The normalized spacial score (nSPS) is 13.1. The summed E-state index contributed by atoms with van der Waals surface area (Å²) >= 11 is 6.05. The van der Waals surface area contributed by atoms with Crippen LogP contribution < -0.4 is 88.1 Å². The molecule has 19 rings (SSSR count). The first-order valence-corrected chi connectivity index (χ1v) is 46.2. The smallest absolute Gasteiger partial charge is 0.332 e. The average molecular weight is 1990 g/mol. The molecular weight excluding hydrogens is 1880 g/mol. The second-order valence-electron chi connectivity index (χ2n) is 35.1. The van der Waals surface area contributed by atoms with Gasteiger partial charge in [-0.15, -0.1) is 0 Å². The summed E-state index contributed by atoms with van der Waals surface area (Å²) in [6.07, 6.45) is 16.5. The number of aryl methyl sites for hydroxylation is 7. The summed E-state index contributed by atoms with van der Waals surface area (Å²) in [6, 6.07) is 28.8. The molecule has 0 radical (unpaired) electrons. The van der Waals surface area contributed by atoms with Crippen molar-refractivity contribution >= 4 is 120 Å². The highest BCUT2D eigenvalue weighted by atomic mass is 35.5. The van der Waals surface area contributed by atoms with Crippen molar-refractivity contribution in [3.05, 3.63) is 289 Å². The largest absolute Gasteiger partial charge is 0.379 e. The molecule has 49 nitrogen and oxygen atoms in total. The van der Waals surface area contributed by atoms with Crippen molar-refractivity contribution in [3.8, 4) is 0 Å². The summed E-state index contributed by atoms with van der Waals surface area (Å²) in [4.78, 5) is 224. The van der Waals surface area contributed by atoms with Crippen LogP contribution in [0.2, 0.25) is 5.02 Å². The maximum absolute atomic E-state index is 12.6. The maximum atomic E-state index is 12.6. The zero-order valence-corrected chi connectivity index (χ0v) is 82.0. The zero-order chi connectivity index (χ0) is 103. The van der Waals surface area contributed by atoms with Gasteiger partial charge in [-0.3, -0.25) is 108 Å². The number of hydrogen-bond acceptors (Lipinski definition) is 26. The molecule has 144 heavy (non-hydrogen) atoms. The minimum Gasteiger partial charge on any atom is -0.379 e. The Balaban J connectivity index is 0.000000136. The molecule has 1 saturated heterocycles. The second-order valence-corrected chi connectivity index (χ2v) is 35.5. The number of halogens is 1. The van der Waals surface area contributed by atoms with Crippen LogP contribution in [-0.4, -0.2) is 191 Å². The molecular formula is C94H107ClN32O17. The van der Waals surface area contributed by atoms with E-state index in [1.165, 1.54) is 145 Å². The number of carbonyl (C=O) groups excluding carboxylic acids is 6. The number of aromatic nitrogens is 25. The van der Waals surface area contributed by atoms with Crippen LogP contribution in [0.4, 0.5) is 17.3 Å². The highest BCUT2D eigenvalue weighted by Gasteiger charge is 2.29. The van der Waals surface area contributed by atoms with Crippen molar-refractivity contribution in [3.63, 3.8) is 0 Å². The Bertz CT molecular complexity index is 8370. The van der Waals surface area contributed by atoms with Crippen LogP contribution in [-0.2, 0) is 158 Å². The van der Waals surface area contributed by atoms with E-state index in [-0.39, 0.29) is 124 Å². The van der Waals surface area contributed by atoms with E-state index < -0.39 is 68.1 Å². The van der Waals surface area contributed by atoms with Crippen molar-refractivity contribution in [2.24, 2.45) is 70.5 Å². The Morgan fingerprint density at radius 1 is 0.431 bits per heavy atom. The van der Waals surface area contributed by atoms with Gasteiger partial charge in [-0.1, -0.05) is 91.2 Å². The Labute approximate surface area is 820 Å². The van der Waals surface area contributed by atoms with Gasteiger partial charge in [0.05, 0.1) is 85.6 Å². The summed E-state index contributed by atoms with van der Waals surface area (Å²) in [6.45, 7) is 10.6. The lowest BCUT2D eigenvalue weighted by atomic mass is 10.1. The van der Waals surface area contributed by atoms with Crippen LogP contribution in [0.3, 0.4) is 0 Å². The monoisotopic (exact) mass is 1990 g/mol. The molecule has 3 fully saturated rings. The van der Waals surface area contributed by atoms with Crippen molar-refractivity contribution in [1.82, 2.24) is 139 Å². The predicted molar refractivity (Wildman–Crippen MR) is 531 cm³/mol. The van der Waals surface area contributed by atoms with E-state index in [1.807, 2.05) is 78.7 Å². The van der Waals surface area contributed by atoms with Gasteiger partial charge in [0.1, 0.15) is 38.5 Å². The van der Waals surface area contributed by atoms with Crippen molar-refractivity contribution in [2.45, 2.75) is 130 Å². The molecule has 2 aliphatic carbocycles. The number of carbonyl (C=O) groups is 6. The van der Waals surface area contributed by atoms with Gasteiger partial charge in [-0.2, -0.15) is 10.2 Å². The zero-order valence-electron chi connectivity index (χ0n) is 81.2. The van der Waals surface area contributed by atoms with E-state index in [0.29, 0.717) is 47.8 Å². The number of rotatable bonds is 24. The lowest BCUT2D eigenvalue weighted by Gasteiger charge is -2.27. The van der Waals surface area contributed by atoms with Crippen molar-refractivity contribution < 1.29 is 33.5 Å². The number of anilines is 3. The van der Waals surface area contributed by atoms with Gasteiger partial charge in [0, 0.05) is 133 Å². The van der Waals surface area contributed by atoms with Crippen LogP contribution in [0.5, 0.6) is 0 Å². The second kappa shape index (κ2) is 43.4. The minimum absolute atomic E-state index is 0.0599. The Hall–Kier alpha value is -17.0. The first-order chi connectivity index (χ1) is 68.8. The van der Waals surface area contributed by atoms with Crippen LogP contribution >= 0.6 is 11.6 Å². The molecule has 3 aromatic carbocycles. The van der Waals surface area contributed by atoms with E-state index >= 15 is 0 Å². The summed E-state index contributed by atoms with van der Waals surface area (Å²) in [5.41, 5.74) is 5.16. The molecule has 0 atom stereocenters. The average Bonchev–Trinajstić information content (AvgIpc) is 1.62. The third kappa shape index (κ3) is 21.8. The summed E-state index contributed by atoms with van der Waals surface area (Å²) in [5, 5.41) is 26.2. The molecule has 13 aromatic heterocycles. The molecule has 0 spiro atoms. The quantitative estimate of drug-likeness (QED) is 0.0491. The van der Waals surface area contributed by atoms with Crippen LogP contribution in [0.25, 0.3) is 55.8 Å². The van der Waals surface area contributed by atoms with Gasteiger partial charge in [0.2, 0.25) is 29.5 Å². The highest BCUT2D eigenvalue weighted by Crippen LogP contribution is 2.32. The Kier molecular flexibility index (Phi) is 30.6. The lowest BCUT2D eigenvalue weighted by Crippen LogP contribution is -2.38. The van der Waals surface area contributed by atoms with E-state index in [2.05, 4.69) is 83.0 Å². The fourth-order valence-electron chi connectivity index (χ4n) is 16.9. The first kappa shape index (κ1) is 101. The minimum atomic E-state index is -0.530. The van der Waals surface area contributed by atoms with Crippen LogP contribution in [0, 0.1) is 20.8 Å². The number of morpholine rings is 1. The molecule has 16 aromatic rings. The first-order valence-electron chi connectivity index (χ1n) is 45.8. The summed E-state index contributed by atoms with van der Waals surface area (Å²) < 4.78 is 27.7. The van der Waals surface area contributed by atoms with E-state index in [0.717, 1.165) is 115 Å². The van der Waals surface area contributed by atoms with Gasteiger partial charge in [-0.05, 0) is 86.9 Å². The van der Waals surface area contributed by atoms with Crippen LogP contribution in [0.15, 0.2) is 183 Å². The van der Waals surface area contributed by atoms with Crippen LogP contribution in [0.1, 0.15) is 94.1 Å². The number of pyridine rings is 1. The van der Waals surface area contributed by atoms with Gasteiger partial charge >= 0.3 is 28.4 Å². The number of fused-ring (bicyclic) bond motifs is 5. The molecule has 3 aliphatic rings. The summed E-state index contributed by atoms with van der Waals surface area (Å²) in [7, 11) is 14.6. The SMILES string of the molecule is Cc1cnc(NC(=O)Cn2cnc3c2c(=O)n(C)c(=O)n3C)c(Cl)c1.Cc1nn(Cc2ccccc2)c(C)c1CNC(=O)Cn1cnc2c1c(=O)n(C)c(=O)n2C.Cn1c(=O)c2c(ncn2CC(=O)NCc2ccccc2CN2CCOCC2)n(C)c1=O.Cn1c(=O)c2c(ncn2CC(=O)Nc2ccccc2C(=O)NC2CC2)n(C)c1=O.Cn1c(=O)c2c(ncn2CC(=O)Nc2ccnn2C2CCCC2)n(C)c1=O.